The number of ether oxygens (including phenoxy) is 1. The number of rotatable bonds is 8. The minimum absolute atomic E-state index is 0.189. The Balaban J connectivity index is 1.70. The third kappa shape index (κ3) is 5.67. The summed E-state index contributed by atoms with van der Waals surface area (Å²) in [6, 6.07) is 10.9. The zero-order valence-electron chi connectivity index (χ0n) is 16.1. The van der Waals surface area contributed by atoms with Crippen LogP contribution in [-0.2, 0) is 22.6 Å². The molecular weight excluding hydrogens is 343 g/mol. The van der Waals surface area contributed by atoms with E-state index >= 15 is 0 Å². The van der Waals surface area contributed by atoms with Gasteiger partial charge in [0.2, 0.25) is 0 Å². The molecule has 1 saturated carbocycles. The lowest BCUT2D eigenvalue weighted by Gasteiger charge is -2.29. The normalized spacial score (nSPS) is 15.2. The maximum Gasteiger partial charge on any atom is 0.319 e. The number of hydrogen-bond acceptors (Lipinski definition) is 3. The van der Waals surface area contributed by atoms with E-state index in [0.29, 0.717) is 24.6 Å². The van der Waals surface area contributed by atoms with Gasteiger partial charge in [-0.1, -0.05) is 37.5 Å². The first-order valence-electron chi connectivity index (χ1n) is 9.82. The Morgan fingerprint density at radius 3 is 2.70 bits per heavy atom. The van der Waals surface area contributed by atoms with Crippen LogP contribution in [0.15, 0.2) is 42.6 Å². The second-order valence-electron chi connectivity index (χ2n) is 7.47. The van der Waals surface area contributed by atoms with Gasteiger partial charge < -0.3 is 9.30 Å². The highest BCUT2D eigenvalue weighted by Crippen LogP contribution is 2.25. The number of carbonyl (C=O) groups is 1. The number of hydrogen-bond donors (Lipinski definition) is 0. The number of carbonyl (C=O) groups excluding carboxylic acids is 1. The Kier molecular flexibility index (Phi) is 7.04. The van der Waals surface area contributed by atoms with Gasteiger partial charge in [-0.2, -0.15) is 0 Å². The second kappa shape index (κ2) is 9.70. The molecule has 1 aliphatic rings. The minimum atomic E-state index is -0.210. The molecule has 4 nitrogen and oxygen atoms in total. The summed E-state index contributed by atoms with van der Waals surface area (Å²) in [5.74, 6) is 0.238. The molecule has 0 amide bonds. The fourth-order valence-electron chi connectivity index (χ4n) is 3.95. The molecule has 0 spiro atoms. The van der Waals surface area contributed by atoms with Crippen LogP contribution in [0, 0.1) is 11.7 Å². The molecule has 1 fully saturated rings. The fraction of sp³-hybridized carbons (Fsp3) is 0.500. The lowest BCUT2D eigenvalue weighted by Crippen LogP contribution is -2.35. The first-order valence-corrected chi connectivity index (χ1v) is 9.82. The quantitative estimate of drug-likeness (QED) is 0.651. The van der Waals surface area contributed by atoms with Gasteiger partial charge in [0.15, 0.2) is 0 Å². The summed E-state index contributed by atoms with van der Waals surface area (Å²) >= 11 is 0. The number of nitrogens with zero attached hydrogens (tertiary/aromatic N) is 2. The average Bonchev–Trinajstić information content (AvgIpc) is 3.11. The van der Waals surface area contributed by atoms with Gasteiger partial charge in [-0.15, -0.1) is 0 Å². The molecule has 27 heavy (non-hydrogen) atoms. The molecule has 0 aliphatic heterocycles. The van der Waals surface area contributed by atoms with E-state index in [4.69, 9.17) is 4.74 Å². The van der Waals surface area contributed by atoms with Crippen LogP contribution in [0.2, 0.25) is 0 Å². The van der Waals surface area contributed by atoms with Crippen molar-refractivity contribution >= 4 is 5.97 Å². The number of aromatic nitrogens is 1. The Bertz CT molecular complexity index is 737. The van der Waals surface area contributed by atoms with Crippen molar-refractivity contribution in [3.05, 3.63) is 59.7 Å². The molecule has 1 aromatic heterocycles. The summed E-state index contributed by atoms with van der Waals surface area (Å²) in [5.41, 5.74) is 1.75. The van der Waals surface area contributed by atoms with E-state index in [-0.39, 0.29) is 18.3 Å². The molecule has 1 heterocycles. The van der Waals surface area contributed by atoms with E-state index in [0.717, 1.165) is 12.2 Å². The first-order chi connectivity index (χ1) is 13.2. The summed E-state index contributed by atoms with van der Waals surface area (Å²) in [6.07, 6.45) is 8.31. The Hall–Kier alpha value is -2.14. The molecule has 0 bridgehead atoms. The average molecular weight is 372 g/mol. The van der Waals surface area contributed by atoms with E-state index < -0.39 is 0 Å². The SMILES string of the molecule is COC(=O)CN(Cc1cccn1Cc1ccccc1F)CC1CCCCC1. The highest BCUT2D eigenvalue weighted by molar-refractivity contribution is 5.71. The van der Waals surface area contributed by atoms with Gasteiger partial charge in [0.25, 0.3) is 0 Å². The third-order valence-corrected chi connectivity index (χ3v) is 5.43. The first kappa shape index (κ1) is 19.6. The molecule has 0 radical (unpaired) electrons. The molecule has 3 rings (SSSR count). The van der Waals surface area contributed by atoms with Crippen LogP contribution in [0.3, 0.4) is 0 Å². The van der Waals surface area contributed by atoms with Crippen molar-refractivity contribution in [1.29, 1.82) is 0 Å². The maximum absolute atomic E-state index is 14.0. The highest BCUT2D eigenvalue weighted by atomic mass is 19.1. The summed E-state index contributed by atoms with van der Waals surface area (Å²) in [5, 5.41) is 0. The predicted octanol–water partition coefficient (Wildman–Crippen LogP) is 4.23. The summed E-state index contributed by atoms with van der Waals surface area (Å²) < 4.78 is 21.0. The van der Waals surface area contributed by atoms with Crippen molar-refractivity contribution in [3.8, 4) is 0 Å². The Morgan fingerprint density at radius 1 is 1.19 bits per heavy atom. The lowest BCUT2D eigenvalue weighted by atomic mass is 9.89. The van der Waals surface area contributed by atoms with Crippen molar-refractivity contribution in [1.82, 2.24) is 9.47 Å². The largest absolute Gasteiger partial charge is 0.468 e. The Labute approximate surface area is 160 Å². The molecule has 1 aliphatic carbocycles. The number of methoxy groups -OCH3 is 1. The van der Waals surface area contributed by atoms with Crippen LogP contribution >= 0.6 is 0 Å². The molecule has 0 N–H and O–H groups in total. The number of halogens is 1. The summed E-state index contributed by atoms with van der Waals surface area (Å²) in [4.78, 5) is 14.1. The number of benzene rings is 1. The molecule has 1 aromatic carbocycles. The van der Waals surface area contributed by atoms with Crippen molar-refractivity contribution in [2.24, 2.45) is 5.92 Å². The van der Waals surface area contributed by atoms with Gasteiger partial charge in [0, 0.05) is 30.5 Å². The second-order valence-corrected chi connectivity index (χ2v) is 7.47. The minimum Gasteiger partial charge on any atom is -0.468 e. The van der Waals surface area contributed by atoms with Crippen molar-refractivity contribution in [2.75, 3.05) is 20.2 Å². The predicted molar refractivity (Wildman–Crippen MR) is 104 cm³/mol. The van der Waals surface area contributed by atoms with Crippen LogP contribution in [0.4, 0.5) is 4.39 Å². The molecule has 0 atom stereocenters. The van der Waals surface area contributed by atoms with E-state index in [1.807, 2.05) is 30.5 Å². The van der Waals surface area contributed by atoms with Gasteiger partial charge >= 0.3 is 5.97 Å². The number of esters is 1. The highest BCUT2D eigenvalue weighted by Gasteiger charge is 2.20. The summed E-state index contributed by atoms with van der Waals surface area (Å²) in [6.45, 7) is 2.34. The molecular formula is C22H29FN2O2. The topological polar surface area (TPSA) is 34.5 Å². The van der Waals surface area contributed by atoms with Gasteiger partial charge in [0.05, 0.1) is 20.2 Å². The molecule has 2 aromatic rings. The van der Waals surface area contributed by atoms with Crippen LogP contribution in [0.25, 0.3) is 0 Å². The van der Waals surface area contributed by atoms with E-state index in [2.05, 4.69) is 9.47 Å². The Morgan fingerprint density at radius 2 is 1.96 bits per heavy atom. The van der Waals surface area contributed by atoms with Crippen LogP contribution < -0.4 is 0 Å². The van der Waals surface area contributed by atoms with Gasteiger partial charge in [-0.25, -0.2) is 4.39 Å². The van der Waals surface area contributed by atoms with Gasteiger partial charge in [-0.05, 0) is 37.0 Å². The van der Waals surface area contributed by atoms with Gasteiger partial charge in [0.1, 0.15) is 5.82 Å². The molecule has 5 heteroatoms. The van der Waals surface area contributed by atoms with Crippen LogP contribution in [0.1, 0.15) is 43.4 Å². The van der Waals surface area contributed by atoms with Crippen molar-refractivity contribution < 1.29 is 13.9 Å². The van der Waals surface area contributed by atoms with Crippen LogP contribution in [-0.4, -0.2) is 35.6 Å². The zero-order valence-corrected chi connectivity index (χ0v) is 16.1. The molecule has 0 saturated heterocycles. The van der Waals surface area contributed by atoms with Crippen molar-refractivity contribution in [3.63, 3.8) is 0 Å². The van der Waals surface area contributed by atoms with E-state index in [1.54, 1.807) is 6.07 Å². The fourth-order valence-corrected chi connectivity index (χ4v) is 3.95. The van der Waals surface area contributed by atoms with E-state index in [1.165, 1.54) is 45.3 Å². The zero-order chi connectivity index (χ0) is 19.1. The third-order valence-electron chi connectivity index (χ3n) is 5.43. The smallest absolute Gasteiger partial charge is 0.319 e. The van der Waals surface area contributed by atoms with Gasteiger partial charge in [-0.3, -0.25) is 9.69 Å². The molecule has 146 valence electrons. The lowest BCUT2D eigenvalue weighted by molar-refractivity contribution is -0.142. The molecule has 0 unspecified atom stereocenters. The monoisotopic (exact) mass is 372 g/mol. The standard InChI is InChI=1S/C22H29FN2O2/c1-27-22(26)17-24(14-18-8-3-2-4-9-18)16-20-11-7-13-25(20)15-19-10-5-6-12-21(19)23/h5-7,10-13,18H,2-4,8-9,14-17H2,1H3. The maximum atomic E-state index is 14.0. The van der Waals surface area contributed by atoms with E-state index in [9.17, 15) is 9.18 Å². The summed E-state index contributed by atoms with van der Waals surface area (Å²) in [7, 11) is 1.43. The van der Waals surface area contributed by atoms with Crippen LogP contribution in [0.5, 0.6) is 0 Å². The van der Waals surface area contributed by atoms with Crippen molar-refractivity contribution in [2.45, 2.75) is 45.2 Å².